The molecule has 21 heavy (non-hydrogen) atoms. The Balaban J connectivity index is 0.00000132. The Bertz CT molecular complexity index is 541. The zero-order valence-electron chi connectivity index (χ0n) is 12.7. The highest BCUT2D eigenvalue weighted by Gasteiger charge is 2.54. The van der Waals surface area contributed by atoms with Gasteiger partial charge < -0.3 is 15.7 Å². The highest BCUT2D eigenvalue weighted by Crippen LogP contribution is 2.60. The third kappa shape index (κ3) is 2.01. The van der Waals surface area contributed by atoms with Gasteiger partial charge in [0, 0.05) is 0 Å². The van der Waals surface area contributed by atoms with E-state index in [2.05, 4.69) is 13.0 Å². The molecule has 2 fully saturated rings. The molecule has 3 heteroatoms. The molecule has 0 saturated heterocycles. The van der Waals surface area contributed by atoms with Crippen LogP contribution in [-0.2, 0) is 6.42 Å². The highest BCUT2D eigenvalue weighted by molar-refractivity contribution is 5.40. The Morgan fingerprint density at radius 3 is 2.76 bits per heavy atom. The number of rotatable bonds is 0. The molecule has 0 aliphatic heterocycles. The Labute approximate surface area is 126 Å². The van der Waals surface area contributed by atoms with Gasteiger partial charge in [0.2, 0.25) is 0 Å². The molecule has 4 rings (SSSR count). The van der Waals surface area contributed by atoms with E-state index in [-0.39, 0.29) is 17.0 Å². The predicted octanol–water partition coefficient (Wildman–Crippen LogP) is 2.78. The molecule has 116 valence electrons. The van der Waals surface area contributed by atoms with Gasteiger partial charge in [-0.1, -0.05) is 13.0 Å². The Hall–Kier alpha value is -1.06. The number of benzene rings is 1. The van der Waals surface area contributed by atoms with Crippen LogP contribution in [0.5, 0.6) is 5.75 Å². The topological polar surface area (TPSA) is 72.0 Å². The van der Waals surface area contributed by atoms with Crippen LogP contribution in [0.2, 0.25) is 0 Å². The largest absolute Gasteiger partial charge is 0.508 e. The quantitative estimate of drug-likeness (QED) is 0.771. The first-order chi connectivity index (χ1) is 9.59. The lowest BCUT2D eigenvalue weighted by Crippen LogP contribution is -2.43. The van der Waals surface area contributed by atoms with Crippen LogP contribution in [0.4, 0.5) is 0 Å². The van der Waals surface area contributed by atoms with E-state index in [1.54, 1.807) is 0 Å². The standard InChI is InChI=1S/C18H24O2.H2O/c1-18-9-8-14-13-5-3-12(19)10-11(13)2-4-15(14)16(18)6-7-17(18)20;/h3,5,10,14-17,19-20H,2,4,6-9H2,1H3;1H2/t14?,15?,16?,17?,18-;/m0./s1. The fourth-order valence-corrected chi connectivity index (χ4v) is 5.54. The van der Waals surface area contributed by atoms with Crippen molar-refractivity contribution in [2.75, 3.05) is 0 Å². The Morgan fingerprint density at radius 2 is 1.95 bits per heavy atom. The van der Waals surface area contributed by atoms with Crippen molar-refractivity contribution < 1.29 is 15.7 Å². The van der Waals surface area contributed by atoms with E-state index in [1.807, 2.05) is 12.1 Å². The molecular weight excluding hydrogens is 264 g/mol. The SMILES string of the molecule is C[C@]12CCC3c4ccc(O)cc4CCC3C1CCC2O.O. The first-order valence-corrected chi connectivity index (χ1v) is 8.09. The first kappa shape index (κ1) is 14.9. The minimum absolute atomic E-state index is 0. The second-order valence-corrected chi connectivity index (χ2v) is 7.44. The van der Waals surface area contributed by atoms with E-state index in [0.717, 1.165) is 25.2 Å². The van der Waals surface area contributed by atoms with Crippen molar-refractivity contribution in [2.45, 2.75) is 57.5 Å². The monoisotopic (exact) mass is 290 g/mol. The minimum atomic E-state index is -0.0883. The number of aromatic hydroxyl groups is 1. The summed E-state index contributed by atoms with van der Waals surface area (Å²) in [5, 5.41) is 20.0. The second kappa shape index (κ2) is 4.99. The third-order valence-corrected chi connectivity index (χ3v) is 6.66. The zero-order chi connectivity index (χ0) is 13.9. The molecule has 5 atom stereocenters. The summed E-state index contributed by atoms with van der Waals surface area (Å²) < 4.78 is 0. The van der Waals surface area contributed by atoms with Gasteiger partial charge in [0.1, 0.15) is 5.75 Å². The van der Waals surface area contributed by atoms with Crippen molar-refractivity contribution in [1.29, 1.82) is 0 Å². The molecule has 1 aromatic rings. The molecule has 0 aromatic heterocycles. The summed E-state index contributed by atoms with van der Waals surface area (Å²) >= 11 is 0. The minimum Gasteiger partial charge on any atom is -0.508 e. The molecule has 3 aliphatic rings. The lowest BCUT2D eigenvalue weighted by molar-refractivity contribution is -0.0226. The number of phenolic OH excluding ortho intramolecular Hbond substituents is 1. The van der Waals surface area contributed by atoms with Crippen molar-refractivity contribution in [1.82, 2.24) is 0 Å². The van der Waals surface area contributed by atoms with Crippen molar-refractivity contribution >= 4 is 0 Å². The summed E-state index contributed by atoms with van der Waals surface area (Å²) in [6.07, 6.45) is 6.78. The zero-order valence-corrected chi connectivity index (χ0v) is 12.7. The van der Waals surface area contributed by atoms with Gasteiger partial charge in [0.05, 0.1) is 6.10 Å². The molecule has 0 heterocycles. The number of fused-ring (bicyclic) bond motifs is 5. The average molecular weight is 290 g/mol. The van der Waals surface area contributed by atoms with E-state index in [4.69, 9.17) is 0 Å². The van der Waals surface area contributed by atoms with E-state index < -0.39 is 0 Å². The summed E-state index contributed by atoms with van der Waals surface area (Å²) in [5.41, 5.74) is 2.99. The molecule has 0 bridgehead atoms. The van der Waals surface area contributed by atoms with Crippen LogP contribution >= 0.6 is 0 Å². The molecular formula is C18H26O3. The van der Waals surface area contributed by atoms with Crippen LogP contribution in [-0.4, -0.2) is 21.8 Å². The number of aliphatic hydroxyl groups is 1. The predicted molar refractivity (Wildman–Crippen MR) is 82.3 cm³/mol. The molecule has 4 unspecified atom stereocenters. The number of aryl methyl sites for hydroxylation is 1. The van der Waals surface area contributed by atoms with Crippen LogP contribution < -0.4 is 0 Å². The average Bonchev–Trinajstić information content (AvgIpc) is 2.74. The van der Waals surface area contributed by atoms with Crippen molar-refractivity contribution in [3.8, 4) is 5.75 Å². The van der Waals surface area contributed by atoms with Crippen molar-refractivity contribution in [3.63, 3.8) is 0 Å². The van der Waals surface area contributed by atoms with Crippen LogP contribution in [0.1, 0.15) is 56.1 Å². The lowest BCUT2D eigenvalue weighted by Gasteiger charge is -2.50. The second-order valence-electron chi connectivity index (χ2n) is 7.44. The molecule has 3 aliphatic carbocycles. The summed E-state index contributed by atoms with van der Waals surface area (Å²) in [6.45, 7) is 2.32. The highest BCUT2D eigenvalue weighted by atomic mass is 16.3. The summed E-state index contributed by atoms with van der Waals surface area (Å²) in [7, 11) is 0. The van der Waals surface area contributed by atoms with Gasteiger partial charge in [-0.3, -0.25) is 0 Å². The first-order valence-electron chi connectivity index (χ1n) is 8.09. The number of hydrogen-bond acceptors (Lipinski definition) is 2. The Morgan fingerprint density at radius 1 is 1.14 bits per heavy atom. The maximum absolute atomic E-state index is 10.4. The van der Waals surface area contributed by atoms with Gasteiger partial charge in [-0.2, -0.15) is 0 Å². The van der Waals surface area contributed by atoms with Gasteiger partial charge in [-0.25, -0.2) is 0 Å². The lowest BCUT2D eigenvalue weighted by atomic mass is 9.55. The summed E-state index contributed by atoms with van der Waals surface area (Å²) in [4.78, 5) is 0. The summed E-state index contributed by atoms with van der Waals surface area (Å²) in [5.74, 6) is 2.49. The van der Waals surface area contributed by atoms with E-state index >= 15 is 0 Å². The van der Waals surface area contributed by atoms with Gasteiger partial charge >= 0.3 is 0 Å². The van der Waals surface area contributed by atoms with Gasteiger partial charge in [-0.05, 0) is 85.0 Å². The van der Waals surface area contributed by atoms with Crippen LogP contribution in [0.3, 0.4) is 0 Å². The number of phenols is 1. The van der Waals surface area contributed by atoms with Gasteiger partial charge in [0.15, 0.2) is 0 Å². The smallest absolute Gasteiger partial charge is 0.115 e. The normalized spacial score (nSPS) is 40.7. The number of hydrogen-bond donors (Lipinski definition) is 2. The molecule has 0 radical (unpaired) electrons. The molecule has 3 nitrogen and oxygen atoms in total. The maximum Gasteiger partial charge on any atom is 0.115 e. The van der Waals surface area contributed by atoms with Gasteiger partial charge in [0.25, 0.3) is 0 Å². The van der Waals surface area contributed by atoms with Crippen LogP contribution in [0, 0.1) is 17.3 Å². The third-order valence-electron chi connectivity index (χ3n) is 6.66. The van der Waals surface area contributed by atoms with Crippen molar-refractivity contribution in [3.05, 3.63) is 29.3 Å². The fourth-order valence-electron chi connectivity index (χ4n) is 5.54. The Kier molecular flexibility index (Phi) is 3.53. The van der Waals surface area contributed by atoms with Crippen LogP contribution in [0.15, 0.2) is 18.2 Å². The molecule has 1 aromatic carbocycles. The van der Waals surface area contributed by atoms with E-state index in [1.165, 1.54) is 30.4 Å². The fraction of sp³-hybridized carbons (Fsp3) is 0.667. The van der Waals surface area contributed by atoms with E-state index in [0.29, 0.717) is 17.6 Å². The molecule has 2 saturated carbocycles. The number of aliphatic hydroxyl groups excluding tert-OH is 1. The van der Waals surface area contributed by atoms with Crippen molar-refractivity contribution in [2.24, 2.45) is 17.3 Å². The molecule has 0 spiro atoms. The summed E-state index contributed by atoms with van der Waals surface area (Å²) in [6, 6.07) is 5.96. The molecule has 0 amide bonds. The maximum atomic E-state index is 10.4. The van der Waals surface area contributed by atoms with E-state index in [9.17, 15) is 10.2 Å². The van der Waals surface area contributed by atoms with Crippen LogP contribution in [0.25, 0.3) is 0 Å². The van der Waals surface area contributed by atoms with Gasteiger partial charge in [-0.15, -0.1) is 0 Å². The molecule has 4 N–H and O–H groups in total.